The maximum atomic E-state index is 14.9. The molecule has 0 saturated carbocycles. The van der Waals surface area contributed by atoms with Crippen LogP contribution in [0.3, 0.4) is 0 Å². The van der Waals surface area contributed by atoms with Crippen molar-refractivity contribution < 1.29 is 36.6 Å². The molecule has 2 aromatic heterocycles. The summed E-state index contributed by atoms with van der Waals surface area (Å²) in [5.74, 6) is -4.14. The number of halogens is 6. The highest BCUT2D eigenvalue weighted by Crippen LogP contribution is 2.30. The van der Waals surface area contributed by atoms with Gasteiger partial charge >= 0.3 is 6.18 Å². The van der Waals surface area contributed by atoms with E-state index in [4.69, 9.17) is 11.6 Å². The molecule has 4 rings (SSSR count). The summed E-state index contributed by atoms with van der Waals surface area (Å²) in [5, 5.41) is 10.7. The Morgan fingerprint density at radius 1 is 1.27 bits per heavy atom. The molecule has 0 bridgehead atoms. The van der Waals surface area contributed by atoms with E-state index in [1.165, 1.54) is 13.0 Å². The van der Waals surface area contributed by atoms with Gasteiger partial charge in [0.25, 0.3) is 5.91 Å². The number of fused-ring (bicyclic) bond motifs is 1. The molecular weight excluding hydrogens is 527 g/mol. The smallest absolute Gasteiger partial charge is 0.391 e. The molecule has 0 spiro atoms. The average molecular weight is 545 g/mol. The van der Waals surface area contributed by atoms with Crippen LogP contribution in [0.1, 0.15) is 30.1 Å². The number of carbonyl (C=O) groups is 2. The van der Waals surface area contributed by atoms with Crippen molar-refractivity contribution in [2.24, 2.45) is 0 Å². The molecule has 14 heteroatoms. The minimum absolute atomic E-state index is 0.0267. The van der Waals surface area contributed by atoms with Crippen LogP contribution in [0.25, 0.3) is 16.7 Å². The molecule has 37 heavy (non-hydrogen) atoms. The Balaban J connectivity index is 1.96. The fourth-order valence-corrected chi connectivity index (χ4v) is 4.29. The van der Waals surface area contributed by atoms with E-state index in [-0.39, 0.29) is 29.8 Å². The third kappa shape index (κ3) is 5.01. The van der Waals surface area contributed by atoms with Crippen LogP contribution in [0.5, 0.6) is 0 Å². The van der Waals surface area contributed by atoms with Crippen LogP contribution < -0.4 is 15.6 Å². The number of amides is 2. The minimum Gasteiger partial charge on any atom is -0.391 e. The van der Waals surface area contributed by atoms with Gasteiger partial charge in [-0.3, -0.25) is 23.9 Å². The maximum Gasteiger partial charge on any atom is 0.408 e. The maximum absolute atomic E-state index is 14.9. The monoisotopic (exact) mass is 544 g/mol. The molecular formula is C23H18ClF5N4O4. The van der Waals surface area contributed by atoms with Crippen molar-refractivity contribution in [3.8, 4) is 5.69 Å². The Hall–Kier alpha value is -3.58. The molecule has 3 aromatic rings. The Labute approximate surface area is 210 Å². The fourth-order valence-electron chi connectivity index (χ4n) is 4.00. The second kappa shape index (κ2) is 9.71. The topological polar surface area (TPSA) is 105 Å². The summed E-state index contributed by atoms with van der Waals surface area (Å²) in [7, 11) is 0. The van der Waals surface area contributed by atoms with Crippen LogP contribution in [0.15, 0.2) is 35.3 Å². The van der Waals surface area contributed by atoms with Crippen molar-refractivity contribution >= 4 is 40.3 Å². The first-order valence-electron chi connectivity index (χ1n) is 10.9. The highest BCUT2D eigenvalue weighted by atomic mass is 35.5. The van der Waals surface area contributed by atoms with Crippen LogP contribution in [0, 0.1) is 11.6 Å². The second-order valence-corrected chi connectivity index (χ2v) is 8.75. The van der Waals surface area contributed by atoms with Gasteiger partial charge in [-0.25, -0.2) is 13.8 Å². The van der Waals surface area contributed by atoms with Crippen LogP contribution >= 0.6 is 11.6 Å². The van der Waals surface area contributed by atoms with Gasteiger partial charge in [-0.2, -0.15) is 13.2 Å². The number of β-amino-alcohol motifs (C(OH)–C–C–N with tert-alkyl or cyclic N) is 1. The van der Waals surface area contributed by atoms with E-state index in [0.29, 0.717) is 6.07 Å². The number of pyridine rings is 2. The molecule has 0 radical (unpaired) electrons. The van der Waals surface area contributed by atoms with E-state index in [9.17, 15) is 41.4 Å². The highest BCUT2D eigenvalue weighted by molar-refractivity contribution is 6.32. The van der Waals surface area contributed by atoms with Gasteiger partial charge in [0.05, 0.1) is 29.5 Å². The number of carbonyl (C=O) groups excluding carboxylic acids is 2. The van der Waals surface area contributed by atoms with Crippen molar-refractivity contribution in [3.05, 3.63) is 62.9 Å². The zero-order valence-corrected chi connectivity index (χ0v) is 19.7. The van der Waals surface area contributed by atoms with Crippen molar-refractivity contribution in [1.29, 1.82) is 0 Å². The first kappa shape index (κ1) is 26.5. The molecule has 1 saturated heterocycles. The normalized spacial score (nSPS) is 16.9. The molecule has 2 N–H and O–H groups in total. The molecule has 3 heterocycles. The number of hydrogen-bond acceptors (Lipinski definition) is 5. The van der Waals surface area contributed by atoms with Crippen LogP contribution in [-0.4, -0.2) is 51.3 Å². The van der Waals surface area contributed by atoms with Crippen molar-refractivity contribution in [2.75, 3.05) is 11.4 Å². The van der Waals surface area contributed by atoms with E-state index in [1.807, 2.05) is 0 Å². The molecule has 8 nitrogen and oxygen atoms in total. The first-order chi connectivity index (χ1) is 17.3. The van der Waals surface area contributed by atoms with Gasteiger partial charge in [-0.1, -0.05) is 18.5 Å². The second-order valence-electron chi connectivity index (χ2n) is 8.34. The third-order valence-corrected chi connectivity index (χ3v) is 6.08. The molecule has 196 valence electrons. The molecule has 1 aliphatic rings. The predicted molar refractivity (Wildman–Crippen MR) is 123 cm³/mol. The Kier molecular flexibility index (Phi) is 6.95. The van der Waals surface area contributed by atoms with Crippen molar-refractivity contribution in [1.82, 2.24) is 14.9 Å². The number of hydrogen-bond donors (Lipinski definition) is 2. The summed E-state index contributed by atoms with van der Waals surface area (Å²) in [6, 6.07) is 1.36. The molecule has 1 fully saturated rings. The number of rotatable bonds is 5. The average Bonchev–Trinajstić information content (AvgIpc) is 3.14. The number of alkyl halides is 3. The number of aromatic nitrogens is 2. The molecule has 0 aliphatic carbocycles. The van der Waals surface area contributed by atoms with Crippen LogP contribution in [0.4, 0.5) is 27.8 Å². The zero-order chi connectivity index (χ0) is 27.2. The van der Waals surface area contributed by atoms with Gasteiger partial charge in [0.2, 0.25) is 11.3 Å². The van der Waals surface area contributed by atoms with E-state index in [1.54, 1.807) is 5.32 Å². The Bertz CT molecular complexity index is 1450. The third-order valence-electron chi connectivity index (χ3n) is 5.79. The fraction of sp³-hybridized carbons (Fsp3) is 0.304. The van der Waals surface area contributed by atoms with Gasteiger partial charge in [0, 0.05) is 12.3 Å². The quantitative estimate of drug-likeness (QED) is 0.479. The molecule has 0 unspecified atom stereocenters. The number of benzene rings is 1. The summed E-state index contributed by atoms with van der Waals surface area (Å²) in [6.45, 7) is 1.08. The van der Waals surface area contributed by atoms with Gasteiger partial charge in [-0.05, 0) is 24.6 Å². The number of nitrogens with zero attached hydrogens (tertiary/aromatic N) is 3. The largest absolute Gasteiger partial charge is 0.408 e. The predicted octanol–water partition coefficient (Wildman–Crippen LogP) is 3.49. The lowest BCUT2D eigenvalue weighted by molar-refractivity contribution is -0.153. The number of anilines is 1. The lowest BCUT2D eigenvalue weighted by atomic mass is 10.1. The van der Waals surface area contributed by atoms with E-state index < -0.39 is 69.9 Å². The molecule has 2 amide bonds. The summed E-state index contributed by atoms with van der Waals surface area (Å²) in [4.78, 5) is 43.5. The SMILES string of the molecule is CC[C@H](NC(=O)c1cn(-c2c(F)cc(F)cc2Cl)c2nc(N3C[C@@H](O)CC3=O)ccc2c1=O)C(F)(F)F. The standard InChI is InChI=1S/C23H18ClF5N4O4/c1-2-16(23(27,28)29)30-22(37)13-9-33(19-14(24)5-10(25)6-15(19)26)21-12(20(13)36)3-4-17(31-21)32-8-11(34)7-18(32)35/h3-6,9,11,16,34H,2,7-8H2,1H3,(H,30,37)/t11-,16-/m0/s1. The Morgan fingerprint density at radius 3 is 2.54 bits per heavy atom. The van der Waals surface area contributed by atoms with Crippen molar-refractivity contribution in [3.63, 3.8) is 0 Å². The number of aliphatic hydroxyl groups excluding tert-OH is 1. The lowest BCUT2D eigenvalue weighted by Gasteiger charge is -2.21. The number of nitrogens with one attached hydrogen (secondary N) is 1. The summed E-state index contributed by atoms with van der Waals surface area (Å²) >= 11 is 6.06. The summed E-state index contributed by atoms with van der Waals surface area (Å²) in [6.07, 6.45) is -5.71. The van der Waals surface area contributed by atoms with Crippen LogP contribution in [-0.2, 0) is 4.79 Å². The lowest BCUT2D eigenvalue weighted by Crippen LogP contribution is -2.46. The number of aliphatic hydroxyl groups is 1. The van der Waals surface area contributed by atoms with E-state index in [2.05, 4.69) is 4.98 Å². The molecule has 2 atom stereocenters. The zero-order valence-electron chi connectivity index (χ0n) is 18.9. The van der Waals surface area contributed by atoms with Gasteiger partial charge in [0.15, 0.2) is 11.5 Å². The van der Waals surface area contributed by atoms with Crippen molar-refractivity contribution in [2.45, 2.75) is 38.1 Å². The summed E-state index contributed by atoms with van der Waals surface area (Å²) < 4.78 is 69.1. The molecule has 1 aliphatic heterocycles. The van der Waals surface area contributed by atoms with E-state index >= 15 is 0 Å². The van der Waals surface area contributed by atoms with E-state index in [0.717, 1.165) is 27.8 Å². The van der Waals surface area contributed by atoms with Gasteiger partial charge in [-0.15, -0.1) is 0 Å². The Morgan fingerprint density at radius 2 is 1.97 bits per heavy atom. The minimum atomic E-state index is -4.80. The molecule has 1 aromatic carbocycles. The summed E-state index contributed by atoms with van der Waals surface area (Å²) in [5.41, 5.74) is -2.66. The first-order valence-corrected chi connectivity index (χ1v) is 11.3. The van der Waals surface area contributed by atoms with Gasteiger partial charge < -0.3 is 10.4 Å². The highest BCUT2D eigenvalue weighted by Gasteiger charge is 2.40. The van der Waals surface area contributed by atoms with Crippen LogP contribution in [0.2, 0.25) is 5.02 Å². The van der Waals surface area contributed by atoms with Gasteiger partial charge in [0.1, 0.15) is 28.9 Å².